The summed E-state index contributed by atoms with van der Waals surface area (Å²) in [6, 6.07) is 0. The molecule has 0 heterocycles. The van der Waals surface area contributed by atoms with Crippen molar-refractivity contribution in [3.8, 4) is 0 Å². The minimum atomic E-state index is -0.848. The average molecular weight is 751 g/mol. The first-order valence-electron chi connectivity index (χ1n) is 22.2. The average Bonchev–Trinajstić information content (AvgIpc) is 3.42. The van der Waals surface area contributed by atoms with Gasteiger partial charge in [0.05, 0.1) is 24.9 Å². The third kappa shape index (κ3) is 27.5. The second-order valence-corrected chi connectivity index (χ2v) is 15.8. The van der Waals surface area contributed by atoms with Crippen molar-refractivity contribution in [1.29, 1.82) is 0 Å². The fraction of sp³-hybridized carbons (Fsp3) is 0.867. The molecule has 6 atom stereocenters. The predicted octanol–water partition coefficient (Wildman–Crippen LogP) is 10.2. The van der Waals surface area contributed by atoms with Gasteiger partial charge >= 0.3 is 11.9 Å². The number of ether oxygens (including phenoxy) is 2. The van der Waals surface area contributed by atoms with Crippen LogP contribution in [0.25, 0.3) is 0 Å². The van der Waals surface area contributed by atoms with E-state index in [-0.39, 0.29) is 30.8 Å². The molecule has 0 aromatic heterocycles. The van der Waals surface area contributed by atoms with Gasteiger partial charge in [-0.05, 0) is 38.0 Å². The third-order valence-electron chi connectivity index (χ3n) is 10.8. The maximum absolute atomic E-state index is 12.3. The lowest BCUT2D eigenvalue weighted by Crippen LogP contribution is -2.28. The van der Waals surface area contributed by atoms with Crippen molar-refractivity contribution >= 4 is 11.9 Å². The second kappa shape index (κ2) is 34.7. The Hall–Kier alpha value is -1.74. The molecule has 0 saturated heterocycles. The topological polar surface area (TPSA) is 134 Å². The van der Waals surface area contributed by atoms with E-state index in [2.05, 4.69) is 13.8 Å². The zero-order valence-electron chi connectivity index (χ0n) is 34.1. The Bertz CT molecular complexity index is 920. The molecule has 0 unspecified atom stereocenters. The second-order valence-electron chi connectivity index (χ2n) is 15.8. The number of carbonyl (C=O) groups is 2. The molecule has 0 aromatic carbocycles. The highest BCUT2D eigenvalue weighted by Gasteiger charge is 2.39. The molecular weight excluding hydrogens is 668 g/mol. The summed E-state index contributed by atoms with van der Waals surface area (Å²) in [4.78, 5) is 24.5. The summed E-state index contributed by atoms with van der Waals surface area (Å²) in [7, 11) is 0. The zero-order chi connectivity index (χ0) is 38.8. The van der Waals surface area contributed by atoms with Crippen molar-refractivity contribution in [1.82, 2.24) is 0 Å². The lowest BCUT2D eigenvalue weighted by atomic mass is 9.89. The van der Waals surface area contributed by atoms with Crippen LogP contribution in [0.5, 0.6) is 0 Å². The molecule has 0 aromatic rings. The maximum Gasteiger partial charge on any atom is 0.306 e. The molecule has 53 heavy (non-hydrogen) atoms. The van der Waals surface area contributed by atoms with Crippen LogP contribution in [0, 0.1) is 11.8 Å². The van der Waals surface area contributed by atoms with Gasteiger partial charge in [0.1, 0.15) is 6.61 Å². The Morgan fingerprint density at radius 2 is 1.17 bits per heavy atom. The van der Waals surface area contributed by atoms with Crippen molar-refractivity contribution in [3.63, 3.8) is 0 Å². The maximum atomic E-state index is 12.3. The van der Waals surface area contributed by atoms with E-state index in [1.165, 1.54) is 103 Å². The Labute approximate surface area is 324 Å². The van der Waals surface area contributed by atoms with E-state index in [0.29, 0.717) is 38.5 Å². The molecule has 0 spiro atoms. The molecule has 1 aliphatic carbocycles. The number of esters is 2. The fourth-order valence-corrected chi connectivity index (χ4v) is 7.37. The van der Waals surface area contributed by atoms with Crippen LogP contribution in [0.15, 0.2) is 24.3 Å². The first-order chi connectivity index (χ1) is 25.8. The highest BCUT2D eigenvalue weighted by molar-refractivity contribution is 5.70. The smallest absolute Gasteiger partial charge is 0.306 e. The molecular formula is C45H82O8. The van der Waals surface area contributed by atoms with Crippen molar-refractivity contribution in [2.24, 2.45) is 11.8 Å². The lowest BCUT2D eigenvalue weighted by molar-refractivity contribution is -0.161. The predicted molar refractivity (Wildman–Crippen MR) is 216 cm³/mol. The quantitative estimate of drug-likeness (QED) is 0.0283. The van der Waals surface area contributed by atoms with Gasteiger partial charge in [-0.2, -0.15) is 0 Å². The number of carbonyl (C=O) groups excluding carboxylic acids is 2. The van der Waals surface area contributed by atoms with Crippen molar-refractivity contribution in [2.45, 2.75) is 224 Å². The molecule has 4 N–H and O–H groups in total. The molecule has 0 radical (unpaired) electrons. The summed E-state index contributed by atoms with van der Waals surface area (Å²) in [5.74, 6) is -1.08. The molecule has 1 saturated carbocycles. The van der Waals surface area contributed by atoms with Gasteiger partial charge in [-0.25, -0.2) is 0 Å². The summed E-state index contributed by atoms with van der Waals surface area (Å²) in [6.07, 6.45) is 36.2. The zero-order valence-corrected chi connectivity index (χ0v) is 34.1. The SMILES string of the molecule is CCCCCCCCCCCCCCCCCCCCCC(=O)O[C@@H](CO)COC(=O)CCC/C=C/C[C@@H]1[C@@H](/C=C/[C@@H](O)CCCCC)[C@H](O)C[C@@H]1O. The van der Waals surface area contributed by atoms with Gasteiger partial charge < -0.3 is 29.9 Å². The van der Waals surface area contributed by atoms with E-state index in [0.717, 1.165) is 38.5 Å². The van der Waals surface area contributed by atoms with Crippen molar-refractivity contribution in [3.05, 3.63) is 24.3 Å². The summed E-state index contributed by atoms with van der Waals surface area (Å²) < 4.78 is 10.6. The van der Waals surface area contributed by atoms with E-state index in [4.69, 9.17) is 9.47 Å². The molecule has 310 valence electrons. The molecule has 0 amide bonds. The number of aliphatic hydroxyl groups excluding tert-OH is 4. The molecule has 1 rings (SSSR count). The molecule has 0 aliphatic heterocycles. The Balaban J connectivity index is 2.04. The van der Waals surface area contributed by atoms with Gasteiger partial charge in [0, 0.05) is 25.2 Å². The van der Waals surface area contributed by atoms with E-state index in [1.54, 1.807) is 6.08 Å². The van der Waals surface area contributed by atoms with Gasteiger partial charge in [-0.15, -0.1) is 0 Å². The van der Waals surface area contributed by atoms with Gasteiger partial charge in [-0.1, -0.05) is 173 Å². The van der Waals surface area contributed by atoms with E-state index in [9.17, 15) is 30.0 Å². The van der Waals surface area contributed by atoms with Crippen LogP contribution in [0.2, 0.25) is 0 Å². The van der Waals surface area contributed by atoms with Crippen molar-refractivity contribution < 1.29 is 39.5 Å². The van der Waals surface area contributed by atoms with Crippen LogP contribution in [-0.2, 0) is 19.1 Å². The van der Waals surface area contributed by atoms with E-state index >= 15 is 0 Å². The highest BCUT2D eigenvalue weighted by atomic mass is 16.6. The molecule has 8 heteroatoms. The minimum absolute atomic E-state index is 0.118. The molecule has 8 nitrogen and oxygen atoms in total. The summed E-state index contributed by atoms with van der Waals surface area (Å²) in [5.41, 5.74) is 0. The van der Waals surface area contributed by atoms with Crippen LogP contribution >= 0.6 is 0 Å². The largest absolute Gasteiger partial charge is 0.462 e. The van der Waals surface area contributed by atoms with Gasteiger partial charge in [-0.3, -0.25) is 9.59 Å². The fourth-order valence-electron chi connectivity index (χ4n) is 7.37. The van der Waals surface area contributed by atoms with E-state index in [1.807, 2.05) is 18.2 Å². The standard InChI is InChI=1S/C45H82O8/c1-3-5-7-8-9-10-11-12-13-14-15-16-17-18-19-20-21-22-28-32-45(51)53-39(36-46)37-52-44(50)31-27-24-23-26-30-40-41(43(49)35-42(40)48)34-33-38(47)29-25-6-4-2/h23,26,33-34,38-43,46-49H,3-22,24-25,27-32,35-37H2,1-2H3/b26-23+,34-33+/t38-,39-,40+,41+,42-,43+/m0/s1. The molecule has 1 fully saturated rings. The Kier molecular flexibility index (Phi) is 32.3. The summed E-state index contributed by atoms with van der Waals surface area (Å²) >= 11 is 0. The van der Waals surface area contributed by atoms with Crippen LogP contribution in [0.1, 0.15) is 200 Å². The van der Waals surface area contributed by atoms with Crippen LogP contribution in [0.4, 0.5) is 0 Å². The number of hydrogen-bond donors (Lipinski definition) is 4. The normalized spacial score (nSPS) is 20.0. The summed E-state index contributed by atoms with van der Waals surface area (Å²) in [5, 5.41) is 40.7. The Morgan fingerprint density at radius 1 is 0.660 bits per heavy atom. The monoisotopic (exact) mass is 751 g/mol. The molecule has 1 aliphatic rings. The van der Waals surface area contributed by atoms with Crippen LogP contribution in [0.3, 0.4) is 0 Å². The Morgan fingerprint density at radius 3 is 1.72 bits per heavy atom. The third-order valence-corrected chi connectivity index (χ3v) is 10.8. The van der Waals surface area contributed by atoms with E-state index < -0.39 is 37.0 Å². The van der Waals surface area contributed by atoms with Crippen molar-refractivity contribution in [2.75, 3.05) is 13.2 Å². The summed E-state index contributed by atoms with van der Waals surface area (Å²) in [6.45, 7) is 3.85. The first-order valence-corrected chi connectivity index (χ1v) is 22.2. The number of unbranched alkanes of at least 4 members (excludes halogenated alkanes) is 21. The minimum Gasteiger partial charge on any atom is -0.462 e. The number of aliphatic hydroxyl groups is 4. The first kappa shape index (κ1) is 49.3. The lowest BCUT2D eigenvalue weighted by Gasteiger charge is -2.19. The van der Waals surface area contributed by atoms with Gasteiger partial charge in [0.15, 0.2) is 6.10 Å². The number of rotatable bonds is 36. The van der Waals surface area contributed by atoms with Gasteiger partial charge in [0.2, 0.25) is 0 Å². The highest BCUT2D eigenvalue weighted by Crippen LogP contribution is 2.36. The number of hydrogen-bond acceptors (Lipinski definition) is 8. The van der Waals surface area contributed by atoms with Crippen LogP contribution < -0.4 is 0 Å². The number of allylic oxidation sites excluding steroid dienone is 2. The van der Waals surface area contributed by atoms with Gasteiger partial charge in [0.25, 0.3) is 0 Å². The van der Waals surface area contributed by atoms with Crippen LogP contribution in [-0.4, -0.2) is 70.0 Å². The molecule has 0 bridgehead atoms.